The van der Waals surface area contributed by atoms with Gasteiger partial charge in [0, 0.05) is 42.1 Å². The SMILES string of the molecule is CC(=O)Nc1cccc(NC(=O)CSC2NC(=O)CC(CC(=O)NCc3cccs3)N2)c1. The molecule has 1 aromatic heterocycles. The molecule has 1 saturated heterocycles. The Balaban J connectivity index is 1.43. The number of anilines is 2. The summed E-state index contributed by atoms with van der Waals surface area (Å²) in [6.45, 7) is 1.88. The van der Waals surface area contributed by atoms with Gasteiger partial charge in [-0.1, -0.05) is 12.1 Å². The molecule has 11 heteroatoms. The molecule has 0 bridgehead atoms. The molecule has 32 heavy (non-hydrogen) atoms. The van der Waals surface area contributed by atoms with Gasteiger partial charge in [0.2, 0.25) is 23.6 Å². The molecule has 0 spiro atoms. The van der Waals surface area contributed by atoms with E-state index >= 15 is 0 Å². The molecule has 2 unspecified atom stereocenters. The molecule has 1 aliphatic heterocycles. The predicted molar refractivity (Wildman–Crippen MR) is 126 cm³/mol. The Labute approximate surface area is 194 Å². The smallest absolute Gasteiger partial charge is 0.234 e. The monoisotopic (exact) mass is 475 g/mol. The highest BCUT2D eigenvalue weighted by atomic mass is 32.2. The summed E-state index contributed by atoms with van der Waals surface area (Å²) < 4.78 is 0. The fraction of sp³-hybridized carbons (Fsp3) is 0.333. The lowest BCUT2D eigenvalue weighted by Gasteiger charge is -2.30. The minimum Gasteiger partial charge on any atom is -0.351 e. The van der Waals surface area contributed by atoms with Crippen LogP contribution in [0, 0.1) is 0 Å². The minimum atomic E-state index is -0.470. The number of hydrogen-bond acceptors (Lipinski definition) is 7. The second-order valence-electron chi connectivity index (χ2n) is 7.20. The lowest BCUT2D eigenvalue weighted by atomic mass is 10.1. The molecule has 4 amide bonds. The second kappa shape index (κ2) is 11.7. The Kier molecular flexibility index (Phi) is 8.65. The van der Waals surface area contributed by atoms with E-state index in [-0.39, 0.29) is 48.3 Å². The molecule has 0 aliphatic carbocycles. The van der Waals surface area contributed by atoms with Crippen LogP contribution in [-0.4, -0.2) is 40.9 Å². The highest BCUT2D eigenvalue weighted by Gasteiger charge is 2.28. The number of thiophene rings is 1. The summed E-state index contributed by atoms with van der Waals surface area (Å²) >= 11 is 2.80. The zero-order valence-electron chi connectivity index (χ0n) is 17.5. The molecular weight excluding hydrogens is 450 g/mol. The van der Waals surface area contributed by atoms with Gasteiger partial charge in [0.15, 0.2) is 0 Å². The van der Waals surface area contributed by atoms with Crippen molar-refractivity contribution in [2.45, 2.75) is 37.8 Å². The fourth-order valence-corrected chi connectivity index (χ4v) is 4.63. The van der Waals surface area contributed by atoms with Crippen molar-refractivity contribution in [3.63, 3.8) is 0 Å². The van der Waals surface area contributed by atoms with Gasteiger partial charge in [-0.3, -0.25) is 24.5 Å². The Morgan fingerprint density at radius 2 is 1.91 bits per heavy atom. The fourth-order valence-electron chi connectivity index (χ4n) is 3.09. The van der Waals surface area contributed by atoms with Crippen LogP contribution in [0.3, 0.4) is 0 Å². The maximum atomic E-state index is 12.3. The van der Waals surface area contributed by atoms with E-state index in [1.54, 1.807) is 35.6 Å². The third-order valence-electron chi connectivity index (χ3n) is 4.43. The zero-order chi connectivity index (χ0) is 22.9. The average Bonchev–Trinajstić information content (AvgIpc) is 3.24. The van der Waals surface area contributed by atoms with E-state index in [4.69, 9.17) is 0 Å². The first kappa shape index (κ1) is 23.8. The van der Waals surface area contributed by atoms with Crippen LogP contribution in [0.25, 0.3) is 0 Å². The number of nitrogens with one attached hydrogen (secondary N) is 5. The summed E-state index contributed by atoms with van der Waals surface area (Å²) in [6.07, 6.45) is 0.379. The van der Waals surface area contributed by atoms with Crippen LogP contribution < -0.4 is 26.6 Å². The highest BCUT2D eigenvalue weighted by molar-refractivity contribution is 8.00. The Hall–Kier alpha value is -2.89. The van der Waals surface area contributed by atoms with E-state index in [0.717, 1.165) is 4.88 Å². The maximum Gasteiger partial charge on any atom is 0.234 e. The van der Waals surface area contributed by atoms with Crippen molar-refractivity contribution in [3.8, 4) is 0 Å². The van der Waals surface area contributed by atoms with Crippen molar-refractivity contribution in [1.29, 1.82) is 0 Å². The molecule has 9 nitrogen and oxygen atoms in total. The van der Waals surface area contributed by atoms with E-state index in [0.29, 0.717) is 17.9 Å². The van der Waals surface area contributed by atoms with E-state index in [1.807, 2.05) is 17.5 Å². The van der Waals surface area contributed by atoms with Gasteiger partial charge in [0.1, 0.15) is 5.50 Å². The molecule has 2 atom stereocenters. The summed E-state index contributed by atoms with van der Waals surface area (Å²) in [5.74, 6) is -0.647. The zero-order valence-corrected chi connectivity index (χ0v) is 19.1. The first-order valence-electron chi connectivity index (χ1n) is 10.0. The summed E-state index contributed by atoms with van der Waals surface area (Å²) in [6, 6.07) is 10.4. The van der Waals surface area contributed by atoms with Crippen molar-refractivity contribution in [3.05, 3.63) is 46.7 Å². The van der Waals surface area contributed by atoms with Crippen molar-refractivity contribution >= 4 is 58.1 Å². The molecule has 1 aliphatic rings. The molecule has 1 fully saturated rings. The van der Waals surface area contributed by atoms with E-state index in [1.165, 1.54) is 18.7 Å². The Bertz CT molecular complexity index is 967. The largest absolute Gasteiger partial charge is 0.351 e. The molecule has 1 aromatic carbocycles. The highest BCUT2D eigenvalue weighted by Crippen LogP contribution is 2.17. The van der Waals surface area contributed by atoms with Gasteiger partial charge in [-0.2, -0.15) is 0 Å². The topological polar surface area (TPSA) is 128 Å². The van der Waals surface area contributed by atoms with Crippen LogP contribution in [0.1, 0.15) is 24.6 Å². The molecule has 2 aromatic rings. The van der Waals surface area contributed by atoms with Crippen molar-refractivity contribution in [2.24, 2.45) is 0 Å². The molecule has 3 rings (SSSR count). The lowest BCUT2D eigenvalue weighted by molar-refractivity contribution is -0.125. The van der Waals surface area contributed by atoms with Crippen LogP contribution >= 0.6 is 23.1 Å². The third-order valence-corrected chi connectivity index (χ3v) is 6.32. The summed E-state index contributed by atoms with van der Waals surface area (Å²) in [5, 5.41) is 16.2. The van der Waals surface area contributed by atoms with Crippen LogP contribution in [0.5, 0.6) is 0 Å². The van der Waals surface area contributed by atoms with Crippen molar-refractivity contribution in [2.75, 3.05) is 16.4 Å². The number of thioether (sulfide) groups is 1. The van der Waals surface area contributed by atoms with Gasteiger partial charge < -0.3 is 21.3 Å². The van der Waals surface area contributed by atoms with E-state index in [9.17, 15) is 19.2 Å². The third kappa shape index (κ3) is 7.98. The Morgan fingerprint density at radius 3 is 2.62 bits per heavy atom. The van der Waals surface area contributed by atoms with Gasteiger partial charge in [-0.05, 0) is 29.6 Å². The van der Waals surface area contributed by atoms with Crippen LogP contribution in [0.4, 0.5) is 11.4 Å². The number of amides is 4. The normalized spacial score (nSPS) is 17.8. The minimum absolute atomic E-state index is 0.0968. The number of carbonyl (C=O) groups is 4. The molecule has 2 heterocycles. The van der Waals surface area contributed by atoms with Crippen molar-refractivity contribution in [1.82, 2.24) is 16.0 Å². The maximum absolute atomic E-state index is 12.3. The predicted octanol–water partition coefficient (Wildman–Crippen LogP) is 1.85. The summed E-state index contributed by atoms with van der Waals surface area (Å²) in [7, 11) is 0. The summed E-state index contributed by atoms with van der Waals surface area (Å²) in [5.41, 5.74) is 0.676. The number of rotatable bonds is 9. The van der Waals surface area contributed by atoms with E-state index in [2.05, 4.69) is 26.6 Å². The number of carbonyl (C=O) groups excluding carboxylic acids is 4. The van der Waals surface area contributed by atoms with Gasteiger partial charge in [-0.25, -0.2) is 0 Å². The van der Waals surface area contributed by atoms with Crippen LogP contribution in [0.15, 0.2) is 41.8 Å². The molecule has 170 valence electrons. The van der Waals surface area contributed by atoms with Crippen molar-refractivity contribution < 1.29 is 19.2 Å². The van der Waals surface area contributed by atoms with Gasteiger partial charge in [-0.15, -0.1) is 23.1 Å². The molecular formula is C21H25N5O4S2. The summed E-state index contributed by atoms with van der Waals surface area (Å²) in [4.78, 5) is 48.8. The first-order chi connectivity index (χ1) is 15.4. The first-order valence-corrected chi connectivity index (χ1v) is 11.9. The molecule has 5 N–H and O–H groups in total. The molecule has 0 radical (unpaired) electrons. The number of hydrogen-bond donors (Lipinski definition) is 5. The number of benzene rings is 1. The standard InChI is InChI=1S/C21H25N5O4S2/c1-13(27)23-14-4-2-5-15(8-14)24-20(30)12-32-21-25-16(10-19(29)26-21)9-18(28)22-11-17-6-3-7-31-17/h2-8,16,21,25H,9-12H2,1H3,(H,22,28)(H,23,27)(H,24,30)(H,26,29). The lowest BCUT2D eigenvalue weighted by Crippen LogP contribution is -2.56. The van der Waals surface area contributed by atoms with Crippen LogP contribution in [-0.2, 0) is 25.7 Å². The van der Waals surface area contributed by atoms with E-state index < -0.39 is 5.50 Å². The second-order valence-corrected chi connectivity index (χ2v) is 9.32. The average molecular weight is 476 g/mol. The Morgan fingerprint density at radius 1 is 1.12 bits per heavy atom. The quantitative estimate of drug-likeness (QED) is 0.377. The van der Waals surface area contributed by atoms with Gasteiger partial charge in [0.25, 0.3) is 0 Å². The molecule has 0 saturated carbocycles. The van der Waals surface area contributed by atoms with Gasteiger partial charge in [0.05, 0.1) is 12.3 Å². The van der Waals surface area contributed by atoms with Crippen LogP contribution in [0.2, 0.25) is 0 Å². The van der Waals surface area contributed by atoms with Gasteiger partial charge >= 0.3 is 0 Å².